The second-order valence-corrected chi connectivity index (χ2v) is 4.76. The van der Waals surface area contributed by atoms with Crippen LogP contribution in [0.2, 0.25) is 0 Å². The SMILES string of the molecule is CC(C)(C)CNCC1COCCO1. The summed E-state index contributed by atoms with van der Waals surface area (Å²) in [6.45, 7) is 10.8. The molecule has 0 bridgehead atoms. The average Bonchev–Trinajstić information content (AvgIpc) is 2.04. The smallest absolute Gasteiger partial charge is 0.0933 e. The van der Waals surface area contributed by atoms with Crippen LogP contribution >= 0.6 is 0 Å². The Hall–Kier alpha value is -0.120. The van der Waals surface area contributed by atoms with Crippen molar-refractivity contribution in [3.8, 4) is 0 Å². The van der Waals surface area contributed by atoms with Crippen LogP contribution in [0, 0.1) is 5.41 Å². The minimum atomic E-state index is 0.246. The molecule has 13 heavy (non-hydrogen) atoms. The molecule has 1 heterocycles. The minimum Gasteiger partial charge on any atom is -0.376 e. The summed E-state index contributed by atoms with van der Waals surface area (Å²) < 4.78 is 10.8. The van der Waals surface area contributed by atoms with E-state index in [4.69, 9.17) is 9.47 Å². The molecule has 0 spiro atoms. The van der Waals surface area contributed by atoms with Crippen LogP contribution in [0.5, 0.6) is 0 Å². The zero-order chi connectivity index (χ0) is 9.73. The summed E-state index contributed by atoms with van der Waals surface area (Å²) >= 11 is 0. The van der Waals surface area contributed by atoms with Crippen LogP contribution in [0.25, 0.3) is 0 Å². The van der Waals surface area contributed by atoms with Crippen molar-refractivity contribution in [2.75, 3.05) is 32.9 Å². The van der Waals surface area contributed by atoms with Crippen molar-refractivity contribution >= 4 is 0 Å². The first-order chi connectivity index (χ1) is 6.08. The van der Waals surface area contributed by atoms with Gasteiger partial charge in [-0.25, -0.2) is 0 Å². The molecule has 1 N–H and O–H groups in total. The van der Waals surface area contributed by atoms with E-state index in [9.17, 15) is 0 Å². The van der Waals surface area contributed by atoms with Crippen molar-refractivity contribution in [1.29, 1.82) is 0 Å². The van der Waals surface area contributed by atoms with Gasteiger partial charge in [-0.2, -0.15) is 0 Å². The van der Waals surface area contributed by atoms with E-state index in [1.54, 1.807) is 0 Å². The van der Waals surface area contributed by atoms with Gasteiger partial charge < -0.3 is 14.8 Å². The highest BCUT2D eigenvalue weighted by Gasteiger charge is 2.15. The third-order valence-corrected chi connectivity index (χ3v) is 1.91. The van der Waals surface area contributed by atoms with Gasteiger partial charge >= 0.3 is 0 Å². The fourth-order valence-corrected chi connectivity index (χ4v) is 1.26. The number of hydrogen-bond acceptors (Lipinski definition) is 3. The van der Waals surface area contributed by atoms with E-state index in [1.807, 2.05) is 0 Å². The Balaban J connectivity index is 2.04. The molecule has 1 aliphatic heterocycles. The molecule has 3 heteroatoms. The molecule has 0 aromatic heterocycles. The molecule has 3 nitrogen and oxygen atoms in total. The molecule has 1 aliphatic rings. The van der Waals surface area contributed by atoms with E-state index >= 15 is 0 Å². The zero-order valence-electron chi connectivity index (χ0n) is 8.93. The van der Waals surface area contributed by atoms with E-state index in [2.05, 4.69) is 26.1 Å². The van der Waals surface area contributed by atoms with Gasteiger partial charge in [0.25, 0.3) is 0 Å². The number of nitrogens with one attached hydrogen (secondary N) is 1. The standard InChI is InChI=1S/C10H21NO2/c1-10(2,3)8-11-6-9-7-12-4-5-13-9/h9,11H,4-8H2,1-3H3. The van der Waals surface area contributed by atoms with Gasteiger partial charge in [-0.3, -0.25) is 0 Å². The molecule has 0 saturated carbocycles. The molecule has 78 valence electrons. The van der Waals surface area contributed by atoms with E-state index in [0.717, 1.165) is 32.9 Å². The molecule has 0 aliphatic carbocycles. The Kier molecular flexibility index (Phi) is 4.16. The molecule has 1 unspecified atom stereocenters. The fraction of sp³-hybridized carbons (Fsp3) is 1.00. The highest BCUT2D eigenvalue weighted by molar-refractivity contribution is 4.69. The summed E-state index contributed by atoms with van der Waals surface area (Å²) in [5.41, 5.74) is 0.343. The summed E-state index contributed by atoms with van der Waals surface area (Å²) in [5, 5.41) is 3.39. The first-order valence-electron chi connectivity index (χ1n) is 4.98. The van der Waals surface area contributed by atoms with Crippen molar-refractivity contribution in [3.05, 3.63) is 0 Å². The van der Waals surface area contributed by atoms with Crippen LogP contribution in [0.4, 0.5) is 0 Å². The number of ether oxygens (including phenoxy) is 2. The van der Waals surface area contributed by atoms with Crippen LogP contribution < -0.4 is 5.32 Å². The Bertz CT molecular complexity index is 136. The largest absolute Gasteiger partial charge is 0.376 e. The van der Waals surface area contributed by atoms with Gasteiger partial charge in [-0.05, 0) is 5.41 Å². The highest BCUT2D eigenvalue weighted by Crippen LogP contribution is 2.10. The second kappa shape index (κ2) is 4.94. The normalized spacial score (nSPS) is 24.7. The van der Waals surface area contributed by atoms with Crippen LogP contribution in [-0.4, -0.2) is 39.0 Å². The fourth-order valence-electron chi connectivity index (χ4n) is 1.26. The summed E-state index contributed by atoms with van der Waals surface area (Å²) in [4.78, 5) is 0. The van der Waals surface area contributed by atoms with Crippen molar-refractivity contribution in [1.82, 2.24) is 5.32 Å². The van der Waals surface area contributed by atoms with E-state index in [0.29, 0.717) is 5.41 Å². The molecule has 0 aromatic rings. The van der Waals surface area contributed by atoms with Crippen LogP contribution in [0.1, 0.15) is 20.8 Å². The van der Waals surface area contributed by atoms with E-state index in [1.165, 1.54) is 0 Å². The van der Waals surface area contributed by atoms with Gasteiger partial charge in [0.2, 0.25) is 0 Å². The summed E-state index contributed by atoms with van der Waals surface area (Å²) in [6.07, 6.45) is 0.246. The Morgan fingerprint density at radius 2 is 2.08 bits per heavy atom. The lowest BCUT2D eigenvalue weighted by molar-refractivity contribution is -0.0867. The van der Waals surface area contributed by atoms with Crippen LogP contribution in [0.3, 0.4) is 0 Å². The number of hydrogen-bond donors (Lipinski definition) is 1. The van der Waals surface area contributed by atoms with E-state index in [-0.39, 0.29) is 6.10 Å². The molecular formula is C10H21NO2. The summed E-state index contributed by atoms with van der Waals surface area (Å²) in [5.74, 6) is 0. The van der Waals surface area contributed by atoms with Gasteiger partial charge in [-0.15, -0.1) is 0 Å². The lowest BCUT2D eigenvalue weighted by Gasteiger charge is -2.25. The molecular weight excluding hydrogens is 166 g/mol. The number of rotatable bonds is 3. The van der Waals surface area contributed by atoms with Gasteiger partial charge in [0.15, 0.2) is 0 Å². The van der Waals surface area contributed by atoms with Crippen molar-refractivity contribution in [2.24, 2.45) is 5.41 Å². The molecule has 1 rings (SSSR count). The van der Waals surface area contributed by atoms with Crippen LogP contribution in [-0.2, 0) is 9.47 Å². The molecule has 0 aromatic carbocycles. The summed E-state index contributed by atoms with van der Waals surface area (Å²) in [7, 11) is 0. The zero-order valence-corrected chi connectivity index (χ0v) is 8.93. The maximum atomic E-state index is 5.51. The first kappa shape index (κ1) is 11.0. The Morgan fingerprint density at radius 3 is 2.62 bits per heavy atom. The molecule has 1 atom stereocenters. The monoisotopic (exact) mass is 187 g/mol. The predicted molar refractivity (Wildman–Crippen MR) is 52.9 cm³/mol. The lowest BCUT2D eigenvalue weighted by atomic mass is 9.97. The molecule has 0 amide bonds. The van der Waals surface area contributed by atoms with Gasteiger partial charge in [0, 0.05) is 13.1 Å². The second-order valence-electron chi connectivity index (χ2n) is 4.76. The minimum absolute atomic E-state index is 0.246. The van der Waals surface area contributed by atoms with Crippen molar-refractivity contribution in [3.63, 3.8) is 0 Å². The molecule has 1 saturated heterocycles. The highest BCUT2D eigenvalue weighted by atomic mass is 16.6. The average molecular weight is 187 g/mol. The maximum Gasteiger partial charge on any atom is 0.0933 e. The first-order valence-corrected chi connectivity index (χ1v) is 4.98. The quantitative estimate of drug-likeness (QED) is 0.716. The van der Waals surface area contributed by atoms with Gasteiger partial charge in [0.1, 0.15) is 0 Å². The van der Waals surface area contributed by atoms with Gasteiger partial charge in [0.05, 0.1) is 25.9 Å². The maximum absolute atomic E-state index is 5.51. The summed E-state index contributed by atoms with van der Waals surface area (Å²) in [6, 6.07) is 0. The Labute approximate surface area is 80.8 Å². The van der Waals surface area contributed by atoms with E-state index < -0.39 is 0 Å². The lowest BCUT2D eigenvalue weighted by Crippen LogP contribution is -2.39. The predicted octanol–water partition coefficient (Wildman–Crippen LogP) is 1.04. The molecule has 0 radical (unpaired) electrons. The Morgan fingerprint density at radius 1 is 1.31 bits per heavy atom. The third kappa shape index (κ3) is 5.24. The molecule has 1 fully saturated rings. The third-order valence-electron chi connectivity index (χ3n) is 1.91. The topological polar surface area (TPSA) is 30.5 Å². The van der Waals surface area contributed by atoms with Gasteiger partial charge in [-0.1, -0.05) is 20.8 Å². The van der Waals surface area contributed by atoms with Crippen molar-refractivity contribution < 1.29 is 9.47 Å². The van der Waals surface area contributed by atoms with Crippen molar-refractivity contribution in [2.45, 2.75) is 26.9 Å². The van der Waals surface area contributed by atoms with Crippen LogP contribution in [0.15, 0.2) is 0 Å².